The molecule has 9 nitrogen and oxygen atoms in total. The second-order valence-corrected chi connectivity index (χ2v) is 13.4. The molecule has 2 atom stereocenters. The van der Waals surface area contributed by atoms with Crippen molar-refractivity contribution in [3.63, 3.8) is 0 Å². The van der Waals surface area contributed by atoms with E-state index in [0.29, 0.717) is 52.2 Å². The lowest BCUT2D eigenvalue weighted by molar-refractivity contribution is 0.140. The normalized spacial score (nSPS) is 20.7. The first-order chi connectivity index (χ1) is 18.7. The molecule has 1 aliphatic heterocycles. The third-order valence-corrected chi connectivity index (χ3v) is 10.5. The topological polar surface area (TPSA) is 136 Å². The summed E-state index contributed by atoms with van der Waals surface area (Å²) in [5.74, 6) is 1.33. The Hall–Kier alpha value is -3.62. The van der Waals surface area contributed by atoms with Gasteiger partial charge in [0, 0.05) is 17.4 Å². The quantitative estimate of drug-likeness (QED) is 0.196. The Balaban J connectivity index is 1.42. The zero-order chi connectivity index (χ0) is 27.4. The molecule has 0 spiro atoms. The summed E-state index contributed by atoms with van der Waals surface area (Å²) < 4.78 is 28.6. The number of benzene rings is 2. The molecule has 1 aliphatic carbocycles. The molecule has 10 heteroatoms. The molecule has 0 bridgehead atoms. The minimum Gasteiger partial charge on any atom is -0.472 e. The average Bonchev–Trinajstić information content (AvgIpc) is 3.70. The van der Waals surface area contributed by atoms with Gasteiger partial charge in [-0.25, -0.2) is 4.98 Å². The van der Waals surface area contributed by atoms with Crippen LogP contribution in [0, 0.1) is 17.2 Å². The Kier molecular flexibility index (Phi) is 6.27. The Morgan fingerprint density at radius 2 is 1.95 bits per heavy atom. The van der Waals surface area contributed by atoms with Crippen LogP contribution in [0.5, 0.6) is 5.88 Å². The Morgan fingerprint density at radius 3 is 2.67 bits per heavy atom. The van der Waals surface area contributed by atoms with Gasteiger partial charge in [0.2, 0.25) is 5.88 Å². The van der Waals surface area contributed by atoms with E-state index in [1.54, 1.807) is 38.2 Å². The summed E-state index contributed by atoms with van der Waals surface area (Å²) >= 11 is 0. The van der Waals surface area contributed by atoms with Crippen molar-refractivity contribution in [3.8, 4) is 11.9 Å². The maximum Gasteiger partial charge on any atom is 0.227 e. The number of aliphatic hydroxyl groups excluding tert-OH is 1. The monoisotopic (exact) mass is 545 g/mol. The van der Waals surface area contributed by atoms with E-state index in [4.69, 9.17) is 9.84 Å². The van der Waals surface area contributed by atoms with Gasteiger partial charge in [0.25, 0.3) is 0 Å². The summed E-state index contributed by atoms with van der Waals surface area (Å²) in [5.41, 5.74) is 2.94. The number of rotatable bonds is 8. The summed E-state index contributed by atoms with van der Waals surface area (Å²) in [7, 11) is -3.17. The van der Waals surface area contributed by atoms with Crippen LogP contribution in [-0.2, 0) is 6.61 Å². The van der Waals surface area contributed by atoms with E-state index in [-0.39, 0.29) is 6.04 Å². The predicted octanol–water partition coefficient (Wildman–Crippen LogP) is 6.55. The van der Waals surface area contributed by atoms with Crippen LogP contribution < -0.4 is 10.1 Å². The van der Waals surface area contributed by atoms with Gasteiger partial charge in [-0.15, -0.1) is 0 Å². The molecule has 202 valence electrons. The van der Waals surface area contributed by atoms with Gasteiger partial charge < -0.3 is 15.2 Å². The molecule has 0 saturated heterocycles. The number of pyridine rings is 1. The number of nitriles is 1. The molecule has 4 aromatic rings. The summed E-state index contributed by atoms with van der Waals surface area (Å²) in [6.07, 6.45) is 3.13. The molecular formula is C29H31N5O4S. The highest BCUT2D eigenvalue weighted by molar-refractivity contribution is 8.25. The van der Waals surface area contributed by atoms with Crippen molar-refractivity contribution in [1.82, 2.24) is 14.8 Å². The summed E-state index contributed by atoms with van der Waals surface area (Å²) in [6.45, 7) is 3.65. The van der Waals surface area contributed by atoms with Crippen LogP contribution in [0.1, 0.15) is 56.4 Å². The van der Waals surface area contributed by atoms with Gasteiger partial charge >= 0.3 is 0 Å². The Morgan fingerprint density at radius 1 is 1.18 bits per heavy atom. The number of hydrogen-bond acceptors (Lipinski definition) is 8. The second-order valence-electron chi connectivity index (χ2n) is 10.8. The zero-order valence-electron chi connectivity index (χ0n) is 21.8. The summed E-state index contributed by atoms with van der Waals surface area (Å²) in [6, 6.07) is 19.1. The van der Waals surface area contributed by atoms with Crippen LogP contribution in [0.25, 0.3) is 10.9 Å². The van der Waals surface area contributed by atoms with Crippen LogP contribution in [0.3, 0.4) is 0 Å². The SMILES string of the molecule is CC1(C)C(O)c2cc(Nc3nn([C@@H](CC#N)C4CC4)c4ccnc(OCc5ccccc5)c34)ccc2S1(O)O. The van der Waals surface area contributed by atoms with Crippen LogP contribution in [0.2, 0.25) is 0 Å². The number of nitrogens with one attached hydrogen (secondary N) is 1. The highest BCUT2D eigenvalue weighted by atomic mass is 32.3. The molecule has 1 fully saturated rings. The first-order valence-corrected chi connectivity index (χ1v) is 14.5. The molecule has 39 heavy (non-hydrogen) atoms. The smallest absolute Gasteiger partial charge is 0.227 e. The lowest BCUT2D eigenvalue weighted by Gasteiger charge is -2.42. The van der Waals surface area contributed by atoms with Gasteiger partial charge in [-0.3, -0.25) is 13.8 Å². The van der Waals surface area contributed by atoms with Crippen molar-refractivity contribution in [2.45, 2.75) is 61.5 Å². The van der Waals surface area contributed by atoms with Gasteiger partial charge in [0.05, 0.1) is 33.7 Å². The van der Waals surface area contributed by atoms with Crippen molar-refractivity contribution in [2.75, 3.05) is 5.32 Å². The van der Waals surface area contributed by atoms with Crippen LogP contribution in [-0.4, -0.2) is 33.7 Å². The van der Waals surface area contributed by atoms with Crippen molar-refractivity contribution in [2.24, 2.45) is 5.92 Å². The molecule has 2 aromatic carbocycles. The van der Waals surface area contributed by atoms with Crippen molar-refractivity contribution < 1.29 is 18.9 Å². The minimum absolute atomic E-state index is 0.0620. The standard InChI is InChI=1S/C29H31N5O4S/c1-29(2)26(35)21-16-20(10-11-24(21)39(29,36)37)32-27-25-23(34(33-27)22(12-14-30)19-8-9-19)13-15-31-28(25)38-17-18-6-4-3-5-7-18/h3-7,10-11,13,15-16,19,22,26,35-37H,8-9,12,17H2,1-2H3,(H,32,33)/t22-,26?/m0/s1. The third kappa shape index (κ3) is 4.32. The lowest BCUT2D eigenvalue weighted by Crippen LogP contribution is -2.29. The van der Waals surface area contributed by atoms with E-state index in [2.05, 4.69) is 16.4 Å². The minimum atomic E-state index is -3.17. The van der Waals surface area contributed by atoms with E-state index in [1.165, 1.54) is 0 Å². The molecule has 2 aliphatic rings. The molecule has 6 rings (SSSR count). The fourth-order valence-electron chi connectivity index (χ4n) is 5.31. The number of nitrogens with zero attached hydrogens (tertiary/aromatic N) is 4. The summed E-state index contributed by atoms with van der Waals surface area (Å²) in [4.78, 5) is 4.89. The average molecular weight is 546 g/mol. The Labute approximate surface area is 228 Å². The fourth-order valence-corrected chi connectivity index (χ4v) is 7.07. The molecule has 0 radical (unpaired) electrons. The van der Waals surface area contributed by atoms with E-state index in [0.717, 1.165) is 23.9 Å². The number of hydrogen-bond donors (Lipinski definition) is 4. The second kappa shape index (κ2) is 9.54. The van der Waals surface area contributed by atoms with Gasteiger partial charge in [0.15, 0.2) is 5.82 Å². The van der Waals surface area contributed by atoms with Gasteiger partial charge in [-0.05, 0) is 62.4 Å². The number of aliphatic hydroxyl groups is 1. The number of aromatic nitrogens is 3. The van der Waals surface area contributed by atoms with Crippen LogP contribution >= 0.6 is 10.6 Å². The molecule has 4 N–H and O–H groups in total. The van der Waals surface area contributed by atoms with Crippen molar-refractivity contribution >= 4 is 33.0 Å². The highest BCUT2D eigenvalue weighted by Crippen LogP contribution is 2.70. The Bertz CT molecular complexity index is 1580. The predicted molar refractivity (Wildman–Crippen MR) is 150 cm³/mol. The molecule has 3 heterocycles. The summed E-state index contributed by atoms with van der Waals surface area (Å²) in [5, 5.41) is 29.5. The van der Waals surface area contributed by atoms with Gasteiger partial charge in [-0.2, -0.15) is 21.0 Å². The van der Waals surface area contributed by atoms with Gasteiger partial charge in [0.1, 0.15) is 18.1 Å². The molecule has 1 saturated carbocycles. The maximum atomic E-state index is 10.9. The van der Waals surface area contributed by atoms with E-state index >= 15 is 0 Å². The van der Waals surface area contributed by atoms with Crippen LogP contribution in [0.15, 0.2) is 65.7 Å². The first-order valence-electron chi connectivity index (χ1n) is 13.0. The molecule has 1 unspecified atom stereocenters. The van der Waals surface area contributed by atoms with E-state index < -0.39 is 21.4 Å². The first kappa shape index (κ1) is 25.6. The van der Waals surface area contributed by atoms with E-state index in [1.807, 2.05) is 41.1 Å². The van der Waals surface area contributed by atoms with E-state index in [9.17, 15) is 19.5 Å². The largest absolute Gasteiger partial charge is 0.472 e. The number of fused-ring (bicyclic) bond motifs is 2. The molecule has 2 aromatic heterocycles. The number of anilines is 2. The number of ether oxygens (including phenoxy) is 1. The van der Waals surface area contributed by atoms with Crippen molar-refractivity contribution in [1.29, 1.82) is 5.26 Å². The lowest BCUT2D eigenvalue weighted by atomic mass is 9.98. The molecule has 0 amide bonds. The van der Waals surface area contributed by atoms with Gasteiger partial charge in [-0.1, -0.05) is 30.3 Å². The zero-order valence-corrected chi connectivity index (χ0v) is 22.6. The maximum absolute atomic E-state index is 10.9. The fraction of sp³-hybridized carbons (Fsp3) is 0.345. The van der Waals surface area contributed by atoms with Crippen LogP contribution in [0.4, 0.5) is 11.5 Å². The molecular weight excluding hydrogens is 514 g/mol. The third-order valence-electron chi connectivity index (χ3n) is 7.85. The highest BCUT2D eigenvalue weighted by Gasteiger charge is 2.51. The van der Waals surface area contributed by atoms with Crippen molar-refractivity contribution in [3.05, 3.63) is 71.9 Å².